The highest BCUT2D eigenvalue weighted by molar-refractivity contribution is 5.85. The lowest BCUT2D eigenvalue weighted by molar-refractivity contribution is 0.0195. The Morgan fingerprint density at radius 2 is 1.96 bits per heavy atom. The highest BCUT2D eigenvalue weighted by Gasteiger charge is 2.27. The molecule has 2 aromatic carbocycles. The highest BCUT2D eigenvalue weighted by Crippen LogP contribution is 2.21. The van der Waals surface area contributed by atoms with Crippen LogP contribution in [0, 0.1) is 0 Å². The minimum Gasteiger partial charge on any atom is -0.444 e. The van der Waals surface area contributed by atoms with Gasteiger partial charge in [-0.25, -0.2) is 4.79 Å². The summed E-state index contributed by atoms with van der Waals surface area (Å²) in [5.74, 6) is 0. The van der Waals surface area contributed by atoms with E-state index in [-0.39, 0.29) is 12.1 Å². The van der Waals surface area contributed by atoms with E-state index in [1.165, 1.54) is 16.3 Å². The number of piperazine rings is 1. The average molecular weight is 326 g/mol. The van der Waals surface area contributed by atoms with E-state index in [4.69, 9.17) is 4.74 Å². The van der Waals surface area contributed by atoms with Gasteiger partial charge >= 0.3 is 6.09 Å². The largest absolute Gasteiger partial charge is 0.444 e. The molecule has 1 amide bonds. The molecule has 4 heteroatoms. The van der Waals surface area contributed by atoms with Gasteiger partial charge < -0.3 is 15.0 Å². The van der Waals surface area contributed by atoms with Crippen LogP contribution in [-0.4, -0.2) is 42.3 Å². The number of nitrogens with one attached hydrogen (secondary N) is 1. The monoisotopic (exact) mass is 326 g/mol. The van der Waals surface area contributed by atoms with Crippen molar-refractivity contribution in [2.75, 3.05) is 19.6 Å². The Labute approximate surface area is 143 Å². The van der Waals surface area contributed by atoms with Crippen molar-refractivity contribution in [1.29, 1.82) is 0 Å². The number of amides is 1. The molecule has 1 aliphatic rings. The number of rotatable bonds is 2. The Morgan fingerprint density at radius 1 is 1.21 bits per heavy atom. The molecular weight excluding hydrogens is 300 g/mol. The zero-order valence-corrected chi connectivity index (χ0v) is 14.7. The third-order valence-electron chi connectivity index (χ3n) is 4.25. The number of nitrogens with zero attached hydrogens (tertiary/aromatic N) is 1. The molecule has 0 saturated carbocycles. The summed E-state index contributed by atoms with van der Waals surface area (Å²) in [4.78, 5) is 14.1. The van der Waals surface area contributed by atoms with Gasteiger partial charge in [0, 0.05) is 25.7 Å². The molecule has 128 valence electrons. The summed E-state index contributed by atoms with van der Waals surface area (Å²) in [6.07, 6.45) is 0.688. The van der Waals surface area contributed by atoms with Crippen LogP contribution in [0.5, 0.6) is 0 Å². The van der Waals surface area contributed by atoms with E-state index in [0.29, 0.717) is 13.1 Å². The molecule has 0 aromatic heterocycles. The molecule has 1 N–H and O–H groups in total. The van der Waals surface area contributed by atoms with Gasteiger partial charge in [-0.2, -0.15) is 0 Å². The first-order valence-corrected chi connectivity index (χ1v) is 8.60. The Kier molecular flexibility index (Phi) is 4.76. The molecule has 1 saturated heterocycles. The molecule has 1 fully saturated rings. The number of hydrogen-bond acceptors (Lipinski definition) is 3. The lowest BCUT2D eigenvalue weighted by atomic mass is 9.98. The second-order valence-electron chi connectivity index (χ2n) is 7.42. The van der Waals surface area contributed by atoms with Gasteiger partial charge in [-0.1, -0.05) is 42.5 Å². The van der Waals surface area contributed by atoms with E-state index in [0.717, 1.165) is 13.0 Å². The predicted octanol–water partition coefficient (Wildman–Crippen LogP) is 3.59. The lowest BCUT2D eigenvalue weighted by Crippen LogP contribution is -2.54. The van der Waals surface area contributed by atoms with Crippen LogP contribution in [0.25, 0.3) is 10.8 Å². The number of carbonyl (C=O) groups is 1. The van der Waals surface area contributed by atoms with Gasteiger partial charge in [-0.15, -0.1) is 0 Å². The minimum atomic E-state index is -0.451. The van der Waals surface area contributed by atoms with Crippen LogP contribution in [0.3, 0.4) is 0 Å². The zero-order valence-electron chi connectivity index (χ0n) is 14.7. The Morgan fingerprint density at radius 3 is 2.75 bits per heavy atom. The standard InChI is InChI=1S/C20H26N2O2/c1-20(2,3)24-19(23)22-12-11-21-17(14-22)13-16-9-6-8-15-7-4-5-10-18(15)16/h4-10,17,21H,11-14H2,1-3H3/t17-/m0/s1. The van der Waals surface area contributed by atoms with Crippen molar-refractivity contribution in [3.63, 3.8) is 0 Å². The molecule has 2 aromatic rings. The van der Waals surface area contributed by atoms with E-state index in [9.17, 15) is 4.79 Å². The molecule has 4 nitrogen and oxygen atoms in total. The van der Waals surface area contributed by atoms with Crippen molar-refractivity contribution < 1.29 is 9.53 Å². The molecule has 3 rings (SSSR count). The van der Waals surface area contributed by atoms with Gasteiger partial charge in [0.15, 0.2) is 0 Å². The first-order chi connectivity index (χ1) is 11.4. The molecule has 0 radical (unpaired) electrons. The minimum absolute atomic E-state index is 0.216. The first-order valence-electron chi connectivity index (χ1n) is 8.60. The maximum atomic E-state index is 12.3. The second kappa shape index (κ2) is 6.81. The molecule has 1 atom stereocenters. The third kappa shape index (κ3) is 4.06. The van der Waals surface area contributed by atoms with Gasteiger partial charge in [0.25, 0.3) is 0 Å². The fourth-order valence-corrected chi connectivity index (χ4v) is 3.19. The van der Waals surface area contributed by atoms with E-state index >= 15 is 0 Å². The summed E-state index contributed by atoms with van der Waals surface area (Å²) >= 11 is 0. The lowest BCUT2D eigenvalue weighted by Gasteiger charge is -2.35. The van der Waals surface area contributed by atoms with Crippen molar-refractivity contribution in [2.45, 2.75) is 38.8 Å². The summed E-state index contributed by atoms with van der Waals surface area (Å²) in [6.45, 7) is 7.88. The fraction of sp³-hybridized carbons (Fsp3) is 0.450. The van der Waals surface area contributed by atoms with Gasteiger partial charge in [0.1, 0.15) is 5.60 Å². The number of benzene rings is 2. The van der Waals surface area contributed by atoms with Crippen LogP contribution in [0.2, 0.25) is 0 Å². The van der Waals surface area contributed by atoms with Crippen molar-refractivity contribution in [1.82, 2.24) is 10.2 Å². The van der Waals surface area contributed by atoms with Crippen molar-refractivity contribution >= 4 is 16.9 Å². The number of carbonyl (C=O) groups excluding carboxylic acids is 1. The third-order valence-corrected chi connectivity index (χ3v) is 4.25. The number of ether oxygens (including phenoxy) is 1. The Bertz CT molecular complexity index is 716. The quantitative estimate of drug-likeness (QED) is 0.917. The van der Waals surface area contributed by atoms with Crippen LogP contribution in [-0.2, 0) is 11.2 Å². The SMILES string of the molecule is CC(C)(C)OC(=O)N1CCN[C@@H](Cc2cccc3ccccc23)C1. The van der Waals surface area contributed by atoms with Crippen molar-refractivity contribution in [2.24, 2.45) is 0 Å². The van der Waals surface area contributed by atoms with Crippen LogP contribution >= 0.6 is 0 Å². The second-order valence-corrected chi connectivity index (χ2v) is 7.42. The van der Waals surface area contributed by atoms with Gasteiger partial charge in [0.2, 0.25) is 0 Å². The first kappa shape index (κ1) is 16.8. The smallest absolute Gasteiger partial charge is 0.410 e. The molecule has 1 heterocycles. The van der Waals surface area contributed by atoms with Crippen LogP contribution in [0.15, 0.2) is 42.5 Å². The van der Waals surface area contributed by atoms with Gasteiger partial charge in [-0.3, -0.25) is 0 Å². The summed E-state index contributed by atoms with van der Waals surface area (Å²) in [6, 6.07) is 15.1. The summed E-state index contributed by atoms with van der Waals surface area (Å²) < 4.78 is 5.51. The summed E-state index contributed by atoms with van der Waals surface area (Å²) in [5.41, 5.74) is 0.865. The fourth-order valence-electron chi connectivity index (χ4n) is 3.19. The van der Waals surface area contributed by atoms with E-state index in [1.54, 1.807) is 0 Å². The molecular formula is C20H26N2O2. The van der Waals surface area contributed by atoms with Crippen LogP contribution in [0.4, 0.5) is 4.79 Å². The summed E-state index contributed by atoms with van der Waals surface area (Å²) in [5, 5.41) is 6.08. The Balaban J connectivity index is 1.70. The molecule has 24 heavy (non-hydrogen) atoms. The number of hydrogen-bond donors (Lipinski definition) is 1. The van der Waals surface area contributed by atoms with Crippen LogP contribution < -0.4 is 5.32 Å². The van der Waals surface area contributed by atoms with Gasteiger partial charge in [-0.05, 0) is 43.5 Å². The molecule has 1 aliphatic heterocycles. The molecule has 0 unspecified atom stereocenters. The van der Waals surface area contributed by atoms with Crippen molar-refractivity contribution in [3.8, 4) is 0 Å². The number of fused-ring (bicyclic) bond motifs is 1. The summed E-state index contributed by atoms with van der Waals surface area (Å²) in [7, 11) is 0. The van der Waals surface area contributed by atoms with E-state index in [2.05, 4.69) is 47.8 Å². The van der Waals surface area contributed by atoms with Crippen LogP contribution in [0.1, 0.15) is 26.3 Å². The Hall–Kier alpha value is -2.07. The topological polar surface area (TPSA) is 41.6 Å². The van der Waals surface area contributed by atoms with E-state index < -0.39 is 5.60 Å². The predicted molar refractivity (Wildman–Crippen MR) is 97.2 cm³/mol. The maximum absolute atomic E-state index is 12.3. The van der Waals surface area contributed by atoms with Gasteiger partial charge in [0.05, 0.1) is 0 Å². The maximum Gasteiger partial charge on any atom is 0.410 e. The normalized spacial score (nSPS) is 18.6. The molecule has 0 bridgehead atoms. The molecule has 0 spiro atoms. The highest BCUT2D eigenvalue weighted by atomic mass is 16.6. The zero-order chi connectivity index (χ0) is 17.2. The average Bonchev–Trinajstić information content (AvgIpc) is 2.54. The molecule has 0 aliphatic carbocycles. The van der Waals surface area contributed by atoms with Crippen molar-refractivity contribution in [3.05, 3.63) is 48.0 Å². The van der Waals surface area contributed by atoms with E-state index in [1.807, 2.05) is 25.7 Å².